The lowest BCUT2D eigenvalue weighted by molar-refractivity contribution is 0.119. The van der Waals surface area contributed by atoms with E-state index >= 15 is 0 Å². The topological polar surface area (TPSA) is 79.2 Å². The van der Waals surface area contributed by atoms with Crippen molar-refractivity contribution >= 4 is 0 Å². The largest absolute Gasteiger partial charge is 0.508 e. The van der Waals surface area contributed by atoms with Crippen LogP contribution in [0.25, 0.3) is 0 Å². The number of hydrogen-bond donors (Lipinski definition) is 3. The van der Waals surface area contributed by atoms with Gasteiger partial charge in [0.05, 0.1) is 14.2 Å². The van der Waals surface area contributed by atoms with Crippen LogP contribution < -0.4 is 9.47 Å². The molecule has 0 aliphatic carbocycles. The number of hydrogen-bond acceptors (Lipinski definition) is 5. The van der Waals surface area contributed by atoms with E-state index in [1.807, 2.05) is 30.3 Å². The van der Waals surface area contributed by atoms with Crippen LogP contribution in [0.4, 0.5) is 0 Å². The number of benzene rings is 2. The molecule has 2 rings (SSSR count). The highest BCUT2D eigenvalue weighted by molar-refractivity contribution is 5.43. The predicted molar refractivity (Wildman–Crippen MR) is 96.2 cm³/mol. The normalized spacial score (nSPS) is 13.3. The molecule has 0 fully saturated rings. The summed E-state index contributed by atoms with van der Waals surface area (Å²) in [4.78, 5) is 0. The Labute approximate surface area is 148 Å². The number of aromatic hydroxyl groups is 1. The van der Waals surface area contributed by atoms with Crippen LogP contribution in [-0.4, -0.2) is 42.8 Å². The zero-order chi connectivity index (χ0) is 18.2. The maximum atomic E-state index is 9.83. The number of rotatable bonds is 9. The average Bonchev–Trinajstić information content (AvgIpc) is 2.65. The second-order valence-corrected chi connectivity index (χ2v) is 6.15. The third-order valence-corrected chi connectivity index (χ3v) is 4.52. The highest BCUT2D eigenvalue weighted by atomic mass is 16.5. The summed E-state index contributed by atoms with van der Waals surface area (Å²) in [7, 11) is 3.18. The molecular formula is C20H26O5. The number of methoxy groups -OCH3 is 2. The summed E-state index contributed by atoms with van der Waals surface area (Å²) < 4.78 is 10.6. The molecular weight excluding hydrogens is 320 g/mol. The van der Waals surface area contributed by atoms with Crippen LogP contribution >= 0.6 is 0 Å². The van der Waals surface area contributed by atoms with Crippen molar-refractivity contribution in [3.8, 4) is 17.2 Å². The van der Waals surface area contributed by atoms with Gasteiger partial charge in [-0.15, -0.1) is 0 Å². The Hall–Kier alpha value is -2.24. The van der Waals surface area contributed by atoms with Gasteiger partial charge in [-0.25, -0.2) is 0 Å². The summed E-state index contributed by atoms with van der Waals surface area (Å²) >= 11 is 0. The summed E-state index contributed by atoms with van der Waals surface area (Å²) in [6.45, 7) is -0.0307. The minimum Gasteiger partial charge on any atom is -0.508 e. The fraction of sp³-hybridized carbons (Fsp3) is 0.400. The Morgan fingerprint density at radius 3 is 1.80 bits per heavy atom. The molecule has 0 spiro atoms. The number of aliphatic hydroxyl groups excluding tert-OH is 2. The molecule has 3 N–H and O–H groups in total. The van der Waals surface area contributed by atoms with Crippen LogP contribution in [0.1, 0.15) is 11.1 Å². The lowest BCUT2D eigenvalue weighted by atomic mass is 9.83. The predicted octanol–water partition coefficient (Wildman–Crippen LogP) is 2.41. The van der Waals surface area contributed by atoms with E-state index in [9.17, 15) is 15.3 Å². The molecule has 25 heavy (non-hydrogen) atoms. The average molecular weight is 346 g/mol. The van der Waals surface area contributed by atoms with E-state index in [1.165, 1.54) is 0 Å². The molecule has 136 valence electrons. The summed E-state index contributed by atoms with van der Waals surface area (Å²) in [5.41, 5.74) is 2.03. The van der Waals surface area contributed by atoms with Gasteiger partial charge in [0.1, 0.15) is 5.75 Å². The quantitative estimate of drug-likeness (QED) is 0.650. The molecule has 0 saturated heterocycles. The van der Waals surface area contributed by atoms with Crippen LogP contribution in [0, 0.1) is 11.8 Å². The maximum absolute atomic E-state index is 9.83. The zero-order valence-corrected chi connectivity index (χ0v) is 14.7. The first kappa shape index (κ1) is 19.1. The zero-order valence-electron chi connectivity index (χ0n) is 14.7. The van der Waals surface area contributed by atoms with Crippen molar-refractivity contribution in [1.82, 2.24) is 0 Å². The Bertz CT molecular complexity index is 654. The molecule has 5 nitrogen and oxygen atoms in total. The minimum atomic E-state index is -0.0862. The molecule has 2 aromatic carbocycles. The smallest absolute Gasteiger partial charge is 0.160 e. The van der Waals surface area contributed by atoms with E-state index in [0.717, 1.165) is 11.1 Å². The minimum absolute atomic E-state index is 0.0145. The number of ether oxygens (including phenoxy) is 2. The van der Waals surface area contributed by atoms with Gasteiger partial charge >= 0.3 is 0 Å². The van der Waals surface area contributed by atoms with Crippen LogP contribution in [-0.2, 0) is 12.8 Å². The van der Waals surface area contributed by atoms with E-state index in [-0.39, 0.29) is 30.8 Å². The van der Waals surface area contributed by atoms with Gasteiger partial charge in [-0.2, -0.15) is 0 Å². The molecule has 0 unspecified atom stereocenters. The lowest BCUT2D eigenvalue weighted by Gasteiger charge is -2.24. The molecule has 0 saturated carbocycles. The van der Waals surface area contributed by atoms with Gasteiger partial charge in [0.15, 0.2) is 11.5 Å². The van der Waals surface area contributed by atoms with Gasteiger partial charge in [0.2, 0.25) is 0 Å². The molecule has 0 bridgehead atoms. The molecule has 0 heterocycles. The first-order valence-electron chi connectivity index (χ1n) is 8.31. The third kappa shape index (κ3) is 5.11. The van der Waals surface area contributed by atoms with Crippen LogP contribution in [0.15, 0.2) is 42.5 Å². The van der Waals surface area contributed by atoms with Gasteiger partial charge < -0.3 is 24.8 Å². The molecule has 2 atom stereocenters. The maximum Gasteiger partial charge on any atom is 0.160 e. The standard InChI is InChI=1S/C20H26O5/c1-24-19-8-5-15(11-20(19)25-2)10-17(13-22)16(12-21)9-14-3-6-18(23)7-4-14/h3-8,11,16-17,21-23H,9-10,12-13H2,1-2H3/t16-,17-/m0/s1. The Morgan fingerprint density at radius 2 is 1.28 bits per heavy atom. The van der Waals surface area contributed by atoms with Crippen molar-refractivity contribution in [3.63, 3.8) is 0 Å². The summed E-state index contributed by atoms with van der Waals surface area (Å²) in [6.07, 6.45) is 1.26. The summed E-state index contributed by atoms with van der Waals surface area (Å²) in [6, 6.07) is 12.6. The lowest BCUT2D eigenvalue weighted by Crippen LogP contribution is -2.26. The van der Waals surface area contributed by atoms with Gasteiger partial charge in [0.25, 0.3) is 0 Å². The SMILES string of the molecule is COc1ccc(C[C@@H](CO)[C@H](CO)Cc2ccc(O)cc2)cc1OC. The van der Waals surface area contributed by atoms with E-state index < -0.39 is 0 Å². The first-order chi connectivity index (χ1) is 12.1. The van der Waals surface area contributed by atoms with Crippen molar-refractivity contribution in [1.29, 1.82) is 0 Å². The Balaban J connectivity index is 2.12. The molecule has 0 aliphatic heterocycles. The highest BCUT2D eigenvalue weighted by Gasteiger charge is 2.22. The van der Waals surface area contributed by atoms with Crippen LogP contribution in [0.5, 0.6) is 17.2 Å². The number of phenols is 1. The molecule has 0 radical (unpaired) electrons. The van der Waals surface area contributed by atoms with Crippen molar-refractivity contribution in [2.45, 2.75) is 12.8 Å². The fourth-order valence-electron chi connectivity index (χ4n) is 3.01. The molecule has 0 aliphatic rings. The summed E-state index contributed by atoms with van der Waals surface area (Å²) in [5.74, 6) is 1.36. The summed E-state index contributed by atoms with van der Waals surface area (Å²) in [5, 5.41) is 29.0. The fourth-order valence-corrected chi connectivity index (χ4v) is 3.01. The first-order valence-corrected chi connectivity index (χ1v) is 8.31. The Morgan fingerprint density at radius 1 is 0.760 bits per heavy atom. The second-order valence-electron chi connectivity index (χ2n) is 6.15. The van der Waals surface area contributed by atoms with E-state index in [2.05, 4.69) is 0 Å². The van der Waals surface area contributed by atoms with Gasteiger partial charge in [-0.3, -0.25) is 0 Å². The van der Waals surface area contributed by atoms with E-state index in [0.29, 0.717) is 24.3 Å². The molecule has 0 amide bonds. The van der Waals surface area contributed by atoms with Gasteiger partial charge in [0, 0.05) is 13.2 Å². The monoisotopic (exact) mass is 346 g/mol. The molecule has 2 aromatic rings. The van der Waals surface area contributed by atoms with E-state index in [4.69, 9.17) is 9.47 Å². The highest BCUT2D eigenvalue weighted by Crippen LogP contribution is 2.30. The number of aliphatic hydroxyl groups is 2. The molecule has 5 heteroatoms. The van der Waals surface area contributed by atoms with E-state index in [1.54, 1.807) is 26.4 Å². The van der Waals surface area contributed by atoms with Crippen LogP contribution in [0.2, 0.25) is 0 Å². The number of phenolic OH excluding ortho intramolecular Hbond substituents is 1. The van der Waals surface area contributed by atoms with Crippen molar-refractivity contribution in [2.75, 3.05) is 27.4 Å². The van der Waals surface area contributed by atoms with Crippen LogP contribution in [0.3, 0.4) is 0 Å². The third-order valence-electron chi connectivity index (χ3n) is 4.52. The Kier molecular flexibility index (Phi) is 7.10. The molecule has 0 aromatic heterocycles. The van der Waals surface area contributed by atoms with Crippen molar-refractivity contribution in [2.24, 2.45) is 11.8 Å². The van der Waals surface area contributed by atoms with Crippen molar-refractivity contribution in [3.05, 3.63) is 53.6 Å². The van der Waals surface area contributed by atoms with Gasteiger partial charge in [-0.1, -0.05) is 18.2 Å². The van der Waals surface area contributed by atoms with Gasteiger partial charge in [-0.05, 0) is 60.1 Å². The van der Waals surface area contributed by atoms with Crippen molar-refractivity contribution < 1.29 is 24.8 Å². The second kappa shape index (κ2) is 9.30.